The first kappa shape index (κ1) is 9.90. The Morgan fingerprint density at radius 3 is 2.57 bits per heavy atom. The van der Waals surface area contributed by atoms with Crippen LogP contribution in [-0.2, 0) is 4.74 Å². The first-order chi connectivity index (χ1) is 6.74. The molecule has 2 saturated carbocycles. The summed E-state index contributed by atoms with van der Waals surface area (Å²) in [5, 5.41) is 0. The van der Waals surface area contributed by atoms with Crippen LogP contribution < -0.4 is 0 Å². The summed E-state index contributed by atoms with van der Waals surface area (Å²) in [7, 11) is 1.64. The largest absolute Gasteiger partial charge is 0.450 e. The van der Waals surface area contributed by atoms with Gasteiger partial charge in [0.05, 0.1) is 7.11 Å². The minimum atomic E-state index is 0.855. The number of ether oxygens (including phenoxy) is 1. The lowest BCUT2D eigenvalue weighted by Gasteiger charge is -2.30. The van der Waals surface area contributed by atoms with Crippen molar-refractivity contribution in [2.75, 3.05) is 7.11 Å². The topological polar surface area (TPSA) is 9.23 Å². The van der Waals surface area contributed by atoms with E-state index < -0.39 is 0 Å². The second-order valence-corrected chi connectivity index (χ2v) is 5.06. The van der Waals surface area contributed by atoms with E-state index >= 15 is 0 Å². The summed E-state index contributed by atoms with van der Waals surface area (Å²) in [6.07, 6.45) is 6.63. The Labute approximate surface area is 87.2 Å². The molecule has 2 bridgehead atoms. The molecule has 78 valence electrons. The van der Waals surface area contributed by atoms with Crippen molar-refractivity contribution in [3.8, 4) is 12.0 Å². The maximum atomic E-state index is 4.77. The molecule has 14 heavy (non-hydrogen) atoms. The molecule has 5 unspecified atom stereocenters. The number of methoxy groups -OCH3 is 1. The van der Waals surface area contributed by atoms with Gasteiger partial charge in [0.2, 0.25) is 0 Å². The lowest BCUT2D eigenvalue weighted by atomic mass is 9.75. The van der Waals surface area contributed by atoms with Crippen LogP contribution in [-0.4, -0.2) is 7.11 Å². The van der Waals surface area contributed by atoms with Crippen LogP contribution in [0, 0.1) is 41.6 Å². The van der Waals surface area contributed by atoms with Crippen LogP contribution in [0.3, 0.4) is 0 Å². The van der Waals surface area contributed by atoms with Crippen LogP contribution in [0.15, 0.2) is 0 Å². The van der Waals surface area contributed by atoms with Gasteiger partial charge in [-0.2, -0.15) is 0 Å². The van der Waals surface area contributed by atoms with E-state index in [1.54, 1.807) is 7.11 Å². The van der Waals surface area contributed by atoms with Gasteiger partial charge in [0.1, 0.15) is 6.11 Å². The number of hydrogen-bond donors (Lipinski definition) is 0. The normalized spacial score (nSPS) is 44.6. The van der Waals surface area contributed by atoms with E-state index in [2.05, 4.69) is 25.9 Å². The van der Waals surface area contributed by atoms with Gasteiger partial charge in [0.25, 0.3) is 0 Å². The SMILES string of the molecule is COC#CCC1CC2CC1C(C)C2C. The molecule has 0 heterocycles. The fourth-order valence-corrected chi connectivity index (χ4v) is 3.57. The van der Waals surface area contributed by atoms with E-state index in [9.17, 15) is 0 Å². The molecule has 2 fully saturated rings. The molecule has 0 spiro atoms. The second-order valence-electron chi connectivity index (χ2n) is 5.06. The minimum absolute atomic E-state index is 0.855. The molecular formula is C13H20O. The van der Waals surface area contributed by atoms with E-state index in [1.165, 1.54) is 12.8 Å². The van der Waals surface area contributed by atoms with Crippen molar-refractivity contribution in [3.63, 3.8) is 0 Å². The summed E-state index contributed by atoms with van der Waals surface area (Å²) in [5.74, 6) is 7.79. The molecule has 0 aromatic carbocycles. The maximum absolute atomic E-state index is 4.77. The minimum Gasteiger partial charge on any atom is -0.450 e. The Balaban J connectivity index is 1.93. The highest BCUT2D eigenvalue weighted by molar-refractivity contribution is 5.03. The van der Waals surface area contributed by atoms with Crippen molar-refractivity contribution >= 4 is 0 Å². The smallest absolute Gasteiger partial charge is 0.109 e. The van der Waals surface area contributed by atoms with Gasteiger partial charge in [-0.25, -0.2) is 0 Å². The van der Waals surface area contributed by atoms with Crippen LogP contribution in [0.2, 0.25) is 0 Å². The van der Waals surface area contributed by atoms with Gasteiger partial charge < -0.3 is 4.74 Å². The fraction of sp³-hybridized carbons (Fsp3) is 0.846. The highest BCUT2D eigenvalue weighted by Gasteiger charge is 2.47. The van der Waals surface area contributed by atoms with E-state index in [0.717, 1.165) is 36.0 Å². The zero-order chi connectivity index (χ0) is 10.1. The second kappa shape index (κ2) is 3.85. The van der Waals surface area contributed by atoms with Crippen molar-refractivity contribution in [1.29, 1.82) is 0 Å². The zero-order valence-corrected chi connectivity index (χ0v) is 9.42. The highest BCUT2D eigenvalue weighted by Crippen LogP contribution is 2.55. The molecule has 0 aliphatic heterocycles. The summed E-state index contributed by atoms with van der Waals surface area (Å²) in [5.41, 5.74) is 0. The van der Waals surface area contributed by atoms with E-state index in [-0.39, 0.29) is 0 Å². The molecule has 2 aliphatic rings. The Kier molecular flexibility index (Phi) is 2.72. The lowest BCUT2D eigenvalue weighted by Crippen LogP contribution is -2.23. The lowest BCUT2D eigenvalue weighted by molar-refractivity contribution is 0.192. The average Bonchev–Trinajstić information content (AvgIpc) is 2.69. The van der Waals surface area contributed by atoms with Crippen molar-refractivity contribution < 1.29 is 4.74 Å². The van der Waals surface area contributed by atoms with Gasteiger partial charge in [-0.3, -0.25) is 0 Å². The van der Waals surface area contributed by atoms with E-state index in [1.807, 2.05) is 0 Å². The molecule has 0 aromatic rings. The molecule has 0 amide bonds. The Hall–Kier alpha value is -0.640. The summed E-state index contributed by atoms with van der Waals surface area (Å²) in [6, 6.07) is 0. The highest BCUT2D eigenvalue weighted by atomic mass is 16.5. The molecule has 5 atom stereocenters. The molecule has 0 saturated heterocycles. The van der Waals surface area contributed by atoms with Crippen LogP contribution in [0.25, 0.3) is 0 Å². The first-order valence-corrected chi connectivity index (χ1v) is 5.75. The fourth-order valence-electron chi connectivity index (χ4n) is 3.57. The van der Waals surface area contributed by atoms with Crippen molar-refractivity contribution in [3.05, 3.63) is 0 Å². The Bertz CT molecular complexity index is 258. The van der Waals surface area contributed by atoms with Gasteiger partial charge in [-0.1, -0.05) is 19.8 Å². The van der Waals surface area contributed by atoms with Crippen molar-refractivity contribution in [1.82, 2.24) is 0 Å². The summed E-state index contributed by atoms with van der Waals surface area (Å²) in [4.78, 5) is 0. The Morgan fingerprint density at radius 2 is 2.00 bits per heavy atom. The monoisotopic (exact) mass is 192 g/mol. The van der Waals surface area contributed by atoms with Crippen LogP contribution in [0.4, 0.5) is 0 Å². The van der Waals surface area contributed by atoms with E-state index in [4.69, 9.17) is 4.74 Å². The molecular weight excluding hydrogens is 172 g/mol. The average molecular weight is 192 g/mol. The van der Waals surface area contributed by atoms with Gasteiger partial charge in [-0.15, -0.1) is 0 Å². The van der Waals surface area contributed by atoms with Gasteiger partial charge in [0, 0.05) is 6.42 Å². The van der Waals surface area contributed by atoms with Crippen LogP contribution >= 0.6 is 0 Å². The quantitative estimate of drug-likeness (QED) is 0.580. The van der Waals surface area contributed by atoms with Gasteiger partial charge in [0.15, 0.2) is 0 Å². The predicted molar refractivity (Wildman–Crippen MR) is 57.4 cm³/mol. The molecule has 0 radical (unpaired) electrons. The van der Waals surface area contributed by atoms with Gasteiger partial charge in [-0.05, 0) is 42.4 Å². The van der Waals surface area contributed by atoms with Crippen LogP contribution in [0.5, 0.6) is 0 Å². The summed E-state index contributed by atoms with van der Waals surface area (Å²) >= 11 is 0. The summed E-state index contributed by atoms with van der Waals surface area (Å²) < 4.78 is 4.77. The molecule has 0 N–H and O–H groups in total. The maximum Gasteiger partial charge on any atom is 0.109 e. The number of fused-ring (bicyclic) bond motifs is 2. The number of hydrogen-bond acceptors (Lipinski definition) is 1. The third-order valence-electron chi connectivity index (χ3n) is 4.57. The van der Waals surface area contributed by atoms with Crippen molar-refractivity contribution in [2.45, 2.75) is 33.1 Å². The molecule has 2 rings (SSSR count). The summed E-state index contributed by atoms with van der Waals surface area (Å²) in [6.45, 7) is 4.84. The first-order valence-electron chi connectivity index (χ1n) is 5.75. The predicted octanol–water partition coefficient (Wildman–Crippen LogP) is 2.91. The van der Waals surface area contributed by atoms with Crippen LogP contribution in [0.1, 0.15) is 33.1 Å². The van der Waals surface area contributed by atoms with Gasteiger partial charge >= 0.3 is 0 Å². The standard InChI is InChI=1S/C13H20O/c1-9-10(2)13-8-12(9)7-11(13)5-4-6-14-3/h9-13H,5,7-8H2,1-3H3. The Morgan fingerprint density at radius 1 is 1.21 bits per heavy atom. The van der Waals surface area contributed by atoms with Crippen molar-refractivity contribution in [2.24, 2.45) is 29.6 Å². The molecule has 0 aromatic heterocycles. The third kappa shape index (κ3) is 1.52. The van der Waals surface area contributed by atoms with E-state index in [0.29, 0.717) is 0 Å². The molecule has 2 aliphatic carbocycles. The zero-order valence-electron chi connectivity index (χ0n) is 9.42. The number of rotatable bonds is 1. The molecule has 1 heteroatoms. The third-order valence-corrected chi connectivity index (χ3v) is 4.57. The molecule has 1 nitrogen and oxygen atoms in total.